The Bertz CT molecular complexity index is 427. The van der Waals surface area contributed by atoms with Gasteiger partial charge in [0.1, 0.15) is 0 Å². The lowest BCUT2D eigenvalue weighted by Gasteiger charge is -2.06. The number of hydrogen-bond acceptors (Lipinski definition) is 5. The van der Waals surface area contributed by atoms with E-state index < -0.39 is 5.97 Å². The van der Waals surface area contributed by atoms with Gasteiger partial charge in [0.25, 0.3) is 0 Å². The summed E-state index contributed by atoms with van der Waals surface area (Å²) < 4.78 is 0. The van der Waals surface area contributed by atoms with Gasteiger partial charge in [-0.3, -0.25) is 9.59 Å². The summed E-state index contributed by atoms with van der Waals surface area (Å²) in [5.41, 5.74) is 0.483. The number of thiazole rings is 1. The number of aromatic nitrogens is 1. The van der Waals surface area contributed by atoms with Crippen LogP contribution in [0.5, 0.6) is 0 Å². The van der Waals surface area contributed by atoms with Crippen LogP contribution in [0.15, 0.2) is 5.38 Å². The zero-order valence-corrected chi connectivity index (χ0v) is 10.6. The number of rotatable bonds is 4. The summed E-state index contributed by atoms with van der Waals surface area (Å²) in [6, 6.07) is 0. The third-order valence-electron chi connectivity index (χ3n) is 2.34. The molecule has 2 heterocycles. The maximum Gasteiger partial charge on any atom is 0.309 e. The van der Waals surface area contributed by atoms with Gasteiger partial charge in [-0.1, -0.05) is 0 Å². The fourth-order valence-electron chi connectivity index (χ4n) is 1.57. The zero-order valence-electron chi connectivity index (χ0n) is 9.01. The second kappa shape index (κ2) is 5.50. The molecule has 2 rings (SSSR count). The van der Waals surface area contributed by atoms with E-state index in [0.717, 1.165) is 18.6 Å². The van der Waals surface area contributed by atoms with Crippen molar-refractivity contribution in [3.63, 3.8) is 0 Å². The zero-order chi connectivity index (χ0) is 12.3. The van der Waals surface area contributed by atoms with E-state index >= 15 is 0 Å². The summed E-state index contributed by atoms with van der Waals surface area (Å²) in [4.78, 5) is 26.3. The molecule has 1 aliphatic heterocycles. The Morgan fingerprint density at radius 3 is 3.06 bits per heavy atom. The molecule has 1 aromatic heterocycles. The molecule has 7 heteroatoms. The molecule has 0 aliphatic carbocycles. The van der Waals surface area contributed by atoms with Crippen LogP contribution in [0.1, 0.15) is 18.5 Å². The molecule has 0 radical (unpaired) electrons. The van der Waals surface area contributed by atoms with Gasteiger partial charge < -0.3 is 10.4 Å². The number of aliphatic carboxylic acids is 1. The van der Waals surface area contributed by atoms with Crippen LogP contribution in [0.2, 0.25) is 0 Å². The molecule has 5 nitrogen and oxygen atoms in total. The summed E-state index contributed by atoms with van der Waals surface area (Å²) in [7, 11) is 0. The average molecular weight is 272 g/mol. The minimum atomic E-state index is -0.917. The topological polar surface area (TPSA) is 79.3 Å². The Hall–Kier alpha value is -1.08. The lowest BCUT2D eigenvalue weighted by Crippen LogP contribution is -2.22. The number of carbonyl (C=O) groups is 2. The van der Waals surface area contributed by atoms with Crippen molar-refractivity contribution < 1.29 is 14.7 Å². The van der Waals surface area contributed by atoms with Crippen molar-refractivity contribution in [1.82, 2.24) is 4.98 Å². The predicted octanol–water partition coefficient (Wildman–Crippen LogP) is 1.60. The second-order valence-corrected chi connectivity index (χ2v) is 5.87. The molecule has 1 unspecified atom stereocenters. The first-order valence-electron chi connectivity index (χ1n) is 5.24. The van der Waals surface area contributed by atoms with E-state index in [0.29, 0.717) is 10.8 Å². The molecule has 1 aromatic rings. The van der Waals surface area contributed by atoms with Gasteiger partial charge in [0, 0.05) is 5.38 Å². The molecule has 1 amide bonds. The number of carboxylic acid groups (broad SMARTS) is 1. The van der Waals surface area contributed by atoms with Gasteiger partial charge in [0.15, 0.2) is 5.13 Å². The van der Waals surface area contributed by atoms with E-state index in [4.69, 9.17) is 5.11 Å². The third kappa shape index (κ3) is 3.44. The van der Waals surface area contributed by atoms with Crippen molar-refractivity contribution in [2.24, 2.45) is 0 Å². The molecular weight excluding hydrogens is 260 g/mol. The van der Waals surface area contributed by atoms with Crippen LogP contribution in [0.4, 0.5) is 5.13 Å². The maximum atomic E-state index is 11.8. The van der Waals surface area contributed by atoms with Crippen LogP contribution in [-0.2, 0) is 16.0 Å². The number of carboxylic acids is 1. The Labute approximate surface area is 107 Å². The van der Waals surface area contributed by atoms with Crippen molar-refractivity contribution >= 4 is 40.1 Å². The summed E-state index contributed by atoms with van der Waals surface area (Å²) >= 11 is 2.92. The number of hydrogen-bond donors (Lipinski definition) is 2. The quantitative estimate of drug-likeness (QED) is 0.870. The molecule has 2 N–H and O–H groups in total. The summed E-state index contributed by atoms with van der Waals surface area (Å²) in [5.74, 6) is 0.0866. The van der Waals surface area contributed by atoms with E-state index in [1.165, 1.54) is 11.3 Å². The molecule has 1 atom stereocenters. The van der Waals surface area contributed by atoms with Crippen LogP contribution in [-0.4, -0.2) is 33.0 Å². The van der Waals surface area contributed by atoms with Gasteiger partial charge in [-0.15, -0.1) is 23.1 Å². The molecule has 0 aromatic carbocycles. The molecule has 0 saturated carbocycles. The van der Waals surface area contributed by atoms with Gasteiger partial charge in [-0.2, -0.15) is 0 Å². The lowest BCUT2D eigenvalue weighted by atomic mass is 10.2. The fourth-order valence-corrected chi connectivity index (χ4v) is 3.45. The standard InChI is InChI=1S/C10H12N2O3S2/c13-8(14)4-6-5-17-10(11-6)12-9(15)7-2-1-3-16-7/h5,7H,1-4H2,(H,13,14)(H,11,12,15). The molecular formula is C10H12N2O3S2. The first-order chi connectivity index (χ1) is 8.15. The summed E-state index contributed by atoms with van der Waals surface area (Å²) in [6.45, 7) is 0. The van der Waals surface area contributed by atoms with Gasteiger partial charge >= 0.3 is 5.97 Å². The van der Waals surface area contributed by atoms with E-state index in [-0.39, 0.29) is 17.6 Å². The number of carbonyl (C=O) groups excluding carboxylic acids is 1. The predicted molar refractivity (Wildman–Crippen MR) is 67.6 cm³/mol. The highest BCUT2D eigenvalue weighted by molar-refractivity contribution is 8.00. The largest absolute Gasteiger partial charge is 0.481 e. The monoisotopic (exact) mass is 272 g/mol. The van der Waals surface area contributed by atoms with Crippen molar-refractivity contribution in [3.05, 3.63) is 11.1 Å². The van der Waals surface area contributed by atoms with Crippen molar-refractivity contribution in [3.8, 4) is 0 Å². The number of amides is 1. The van der Waals surface area contributed by atoms with Crippen LogP contribution in [0, 0.1) is 0 Å². The van der Waals surface area contributed by atoms with E-state index in [9.17, 15) is 9.59 Å². The maximum absolute atomic E-state index is 11.8. The van der Waals surface area contributed by atoms with Crippen molar-refractivity contribution in [1.29, 1.82) is 0 Å². The molecule has 1 saturated heterocycles. The highest BCUT2D eigenvalue weighted by atomic mass is 32.2. The first-order valence-corrected chi connectivity index (χ1v) is 7.16. The van der Waals surface area contributed by atoms with Crippen molar-refractivity contribution in [2.45, 2.75) is 24.5 Å². The number of nitrogens with one attached hydrogen (secondary N) is 1. The normalized spacial score (nSPS) is 19.2. The molecule has 1 fully saturated rings. The molecule has 0 spiro atoms. The van der Waals surface area contributed by atoms with Gasteiger partial charge in [0.2, 0.25) is 5.91 Å². The molecule has 92 valence electrons. The van der Waals surface area contributed by atoms with Crippen LogP contribution in [0.3, 0.4) is 0 Å². The summed E-state index contributed by atoms with van der Waals surface area (Å²) in [6.07, 6.45) is 1.87. The average Bonchev–Trinajstić information content (AvgIpc) is 2.87. The molecule has 0 bridgehead atoms. The Morgan fingerprint density at radius 2 is 2.41 bits per heavy atom. The first kappa shape index (κ1) is 12.4. The van der Waals surface area contributed by atoms with E-state index in [1.54, 1.807) is 17.1 Å². The van der Waals surface area contributed by atoms with Gasteiger partial charge in [-0.05, 0) is 18.6 Å². The second-order valence-electron chi connectivity index (χ2n) is 3.71. The minimum absolute atomic E-state index is 0.0156. The van der Waals surface area contributed by atoms with Gasteiger partial charge in [0.05, 0.1) is 17.4 Å². The SMILES string of the molecule is O=C(O)Cc1csc(NC(=O)C2CCCS2)n1. The lowest BCUT2D eigenvalue weighted by molar-refractivity contribution is -0.136. The Balaban J connectivity index is 1.91. The molecule has 1 aliphatic rings. The van der Waals surface area contributed by atoms with E-state index in [2.05, 4.69) is 10.3 Å². The number of thioether (sulfide) groups is 1. The van der Waals surface area contributed by atoms with E-state index in [1.807, 2.05) is 0 Å². The third-order valence-corrected chi connectivity index (χ3v) is 4.52. The van der Waals surface area contributed by atoms with Gasteiger partial charge in [-0.25, -0.2) is 4.98 Å². The number of anilines is 1. The number of nitrogens with zero attached hydrogens (tertiary/aromatic N) is 1. The summed E-state index contributed by atoms with van der Waals surface area (Å²) in [5, 5.41) is 13.5. The smallest absolute Gasteiger partial charge is 0.309 e. The Morgan fingerprint density at radius 1 is 1.59 bits per heavy atom. The van der Waals surface area contributed by atoms with Crippen molar-refractivity contribution in [2.75, 3.05) is 11.1 Å². The Kier molecular flexibility index (Phi) is 4.01. The molecule has 17 heavy (non-hydrogen) atoms. The van der Waals surface area contributed by atoms with Crippen LogP contribution < -0.4 is 5.32 Å². The highest BCUT2D eigenvalue weighted by Crippen LogP contribution is 2.27. The van der Waals surface area contributed by atoms with Crippen LogP contribution >= 0.6 is 23.1 Å². The highest BCUT2D eigenvalue weighted by Gasteiger charge is 2.24. The minimum Gasteiger partial charge on any atom is -0.481 e. The fraction of sp³-hybridized carbons (Fsp3) is 0.500. The van der Waals surface area contributed by atoms with Crippen LogP contribution in [0.25, 0.3) is 0 Å².